The van der Waals surface area contributed by atoms with Gasteiger partial charge in [0.15, 0.2) is 0 Å². The zero-order valence-corrected chi connectivity index (χ0v) is 12.4. The molecule has 1 aromatic carbocycles. The van der Waals surface area contributed by atoms with Crippen molar-refractivity contribution in [3.8, 4) is 5.75 Å². The van der Waals surface area contributed by atoms with Crippen molar-refractivity contribution in [2.75, 3.05) is 0 Å². The summed E-state index contributed by atoms with van der Waals surface area (Å²) in [6, 6.07) is 7.13. The largest absolute Gasteiger partial charge is 0.508 e. The van der Waals surface area contributed by atoms with Crippen LogP contribution in [-0.4, -0.2) is 11.1 Å². The third-order valence-electron chi connectivity index (χ3n) is 4.98. The van der Waals surface area contributed by atoms with Crippen LogP contribution in [-0.2, 0) is 6.42 Å². The molecule has 2 heteroatoms. The molecule has 0 heterocycles. The van der Waals surface area contributed by atoms with Crippen molar-refractivity contribution in [3.05, 3.63) is 29.3 Å². The number of aromatic hydroxyl groups is 1. The van der Waals surface area contributed by atoms with Crippen LogP contribution in [0.25, 0.3) is 0 Å². The van der Waals surface area contributed by atoms with Crippen LogP contribution in [0.5, 0.6) is 5.75 Å². The summed E-state index contributed by atoms with van der Waals surface area (Å²) in [4.78, 5) is 0. The quantitative estimate of drug-likeness (QED) is 0.833. The topological polar surface area (TPSA) is 32.3 Å². The molecule has 0 aliphatic heterocycles. The normalized spacial score (nSPS) is 24.7. The molecule has 20 heavy (non-hydrogen) atoms. The molecule has 2 N–H and O–H groups in total. The van der Waals surface area contributed by atoms with Gasteiger partial charge >= 0.3 is 0 Å². The highest BCUT2D eigenvalue weighted by atomic mass is 16.3. The minimum Gasteiger partial charge on any atom is -0.508 e. The summed E-state index contributed by atoms with van der Waals surface area (Å²) < 4.78 is 0. The number of phenols is 1. The van der Waals surface area contributed by atoms with Crippen molar-refractivity contribution in [2.24, 2.45) is 0 Å². The fourth-order valence-electron chi connectivity index (χ4n) is 3.88. The van der Waals surface area contributed by atoms with E-state index < -0.39 is 0 Å². The molecule has 1 aromatic rings. The van der Waals surface area contributed by atoms with Gasteiger partial charge in [-0.05, 0) is 55.4 Å². The Kier molecular flexibility index (Phi) is 4.62. The maximum atomic E-state index is 9.64. The van der Waals surface area contributed by atoms with Gasteiger partial charge in [0.2, 0.25) is 0 Å². The summed E-state index contributed by atoms with van der Waals surface area (Å²) in [7, 11) is 0. The molecule has 0 amide bonds. The molecule has 0 aromatic heterocycles. The Labute approximate surface area is 122 Å². The summed E-state index contributed by atoms with van der Waals surface area (Å²) in [6.07, 6.45) is 13.3. The van der Waals surface area contributed by atoms with Crippen LogP contribution in [0.3, 0.4) is 0 Å². The van der Waals surface area contributed by atoms with Gasteiger partial charge in [0, 0.05) is 12.1 Å². The smallest absolute Gasteiger partial charge is 0.115 e. The Morgan fingerprint density at radius 3 is 2.45 bits per heavy atom. The van der Waals surface area contributed by atoms with E-state index in [0.717, 1.165) is 6.42 Å². The van der Waals surface area contributed by atoms with Crippen molar-refractivity contribution in [3.63, 3.8) is 0 Å². The number of rotatable bonds is 2. The van der Waals surface area contributed by atoms with Gasteiger partial charge in [-0.15, -0.1) is 0 Å². The van der Waals surface area contributed by atoms with E-state index in [1.807, 2.05) is 12.1 Å². The van der Waals surface area contributed by atoms with E-state index in [0.29, 0.717) is 17.8 Å². The molecule has 1 unspecified atom stereocenters. The lowest BCUT2D eigenvalue weighted by atomic mass is 9.86. The minimum atomic E-state index is 0.412. The first-order chi connectivity index (χ1) is 9.83. The number of hydrogen-bond acceptors (Lipinski definition) is 2. The van der Waals surface area contributed by atoms with Crippen LogP contribution < -0.4 is 5.32 Å². The molecule has 1 saturated carbocycles. The molecule has 2 nitrogen and oxygen atoms in total. The highest BCUT2D eigenvalue weighted by Gasteiger charge is 2.23. The van der Waals surface area contributed by atoms with Gasteiger partial charge < -0.3 is 10.4 Å². The number of benzene rings is 1. The van der Waals surface area contributed by atoms with E-state index in [-0.39, 0.29) is 0 Å². The third kappa shape index (κ3) is 3.35. The van der Waals surface area contributed by atoms with E-state index in [2.05, 4.69) is 11.4 Å². The Bertz CT molecular complexity index is 435. The first kappa shape index (κ1) is 13.9. The second-order valence-corrected chi connectivity index (χ2v) is 6.54. The number of aryl methyl sites for hydroxylation is 1. The monoisotopic (exact) mass is 273 g/mol. The lowest BCUT2D eigenvalue weighted by Crippen LogP contribution is -2.35. The molecule has 2 aliphatic rings. The van der Waals surface area contributed by atoms with E-state index in [1.165, 1.54) is 68.9 Å². The van der Waals surface area contributed by atoms with Crippen molar-refractivity contribution in [1.82, 2.24) is 5.32 Å². The van der Waals surface area contributed by atoms with Gasteiger partial charge in [-0.2, -0.15) is 0 Å². The van der Waals surface area contributed by atoms with Crippen molar-refractivity contribution in [1.29, 1.82) is 0 Å². The maximum absolute atomic E-state index is 9.64. The standard InChI is InChI=1S/C18H27NO/c20-16-11-12-17-14(13-16)7-6-10-18(17)19-15-8-4-2-1-3-5-9-15/h11-13,15,18-20H,1-10H2. The second kappa shape index (κ2) is 6.62. The van der Waals surface area contributed by atoms with Gasteiger partial charge in [0.1, 0.15) is 5.75 Å². The van der Waals surface area contributed by atoms with Gasteiger partial charge in [-0.1, -0.05) is 38.2 Å². The van der Waals surface area contributed by atoms with Crippen molar-refractivity contribution >= 4 is 0 Å². The molecule has 0 bridgehead atoms. The molecule has 1 atom stereocenters. The summed E-state index contributed by atoms with van der Waals surface area (Å²) in [5.74, 6) is 0.412. The number of hydrogen-bond donors (Lipinski definition) is 2. The van der Waals surface area contributed by atoms with Crippen LogP contribution in [0, 0.1) is 0 Å². The van der Waals surface area contributed by atoms with E-state index in [1.54, 1.807) is 0 Å². The molecule has 110 valence electrons. The average Bonchev–Trinajstić information content (AvgIpc) is 2.41. The predicted octanol–water partition coefficient (Wildman–Crippen LogP) is 4.47. The Morgan fingerprint density at radius 1 is 0.900 bits per heavy atom. The Balaban J connectivity index is 1.68. The zero-order chi connectivity index (χ0) is 13.8. The van der Waals surface area contributed by atoms with Gasteiger partial charge in [-0.25, -0.2) is 0 Å². The van der Waals surface area contributed by atoms with Crippen molar-refractivity contribution in [2.45, 2.75) is 76.3 Å². The minimum absolute atomic E-state index is 0.412. The average molecular weight is 273 g/mol. The lowest BCUT2D eigenvalue weighted by Gasteiger charge is -2.31. The molecule has 0 radical (unpaired) electrons. The predicted molar refractivity (Wildman–Crippen MR) is 83.0 cm³/mol. The molecular formula is C18H27NO. The number of nitrogens with one attached hydrogen (secondary N) is 1. The highest BCUT2D eigenvalue weighted by Crippen LogP contribution is 2.33. The molecule has 3 rings (SSSR count). The van der Waals surface area contributed by atoms with Gasteiger partial charge in [0.25, 0.3) is 0 Å². The lowest BCUT2D eigenvalue weighted by molar-refractivity contribution is 0.334. The van der Waals surface area contributed by atoms with Crippen LogP contribution >= 0.6 is 0 Å². The van der Waals surface area contributed by atoms with E-state index >= 15 is 0 Å². The Morgan fingerprint density at radius 2 is 1.65 bits per heavy atom. The van der Waals surface area contributed by atoms with Crippen LogP contribution in [0.2, 0.25) is 0 Å². The SMILES string of the molecule is Oc1ccc2c(c1)CCCC2NC1CCCCCCC1. The van der Waals surface area contributed by atoms with Crippen molar-refractivity contribution < 1.29 is 5.11 Å². The third-order valence-corrected chi connectivity index (χ3v) is 4.98. The summed E-state index contributed by atoms with van der Waals surface area (Å²) >= 11 is 0. The summed E-state index contributed by atoms with van der Waals surface area (Å²) in [5.41, 5.74) is 2.77. The summed E-state index contributed by atoms with van der Waals surface area (Å²) in [5, 5.41) is 13.6. The summed E-state index contributed by atoms with van der Waals surface area (Å²) in [6.45, 7) is 0. The number of fused-ring (bicyclic) bond motifs is 1. The van der Waals surface area contributed by atoms with Gasteiger partial charge in [-0.3, -0.25) is 0 Å². The van der Waals surface area contributed by atoms with Crippen LogP contribution in [0.4, 0.5) is 0 Å². The van der Waals surface area contributed by atoms with E-state index in [4.69, 9.17) is 0 Å². The highest BCUT2D eigenvalue weighted by molar-refractivity contribution is 5.38. The van der Waals surface area contributed by atoms with Crippen LogP contribution in [0.1, 0.15) is 75.0 Å². The molecule has 2 aliphatic carbocycles. The first-order valence-electron chi connectivity index (χ1n) is 8.41. The second-order valence-electron chi connectivity index (χ2n) is 6.54. The zero-order valence-electron chi connectivity index (χ0n) is 12.4. The Hall–Kier alpha value is -1.02. The van der Waals surface area contributed by atoms with E-state index in [9.17, 15) is 5.11 Å². The van der Waals surface area contributed by atoms with Gasteiger partial charge in [0.05, 0.1) is 0 Å². The molecule has 0 saturated heterocycles. The number of phenolic OH excluding ortho intramolecular Hbond substituents is 1. The molecule has 0 spiro atoms. The van der Waals surface area contributed by atoms with Crippen LogP contribution in [0.15, 0.2) is 18.2 Å². The fraction of sp³-hybridized carbons (Fsp3) is 0.667. The first-order valence-corrected chi connectivity index (χ1v) is 8.41. The molecular weight excluding hydrogens is 246 g/mol. The fourth-order valence-corrected chi connectivity index (χ4v) is 3.88. The maximum Gasteiger partial charge on any atom is 0.115 e. The molecule has 1 fully saturated rings.